The van der Waals surface area contributed by atoms with Crippen molar-refractivity contribution in [1.29, 1.82) is 0 Å². The monoisotopic (exact) mass is 431 g/mol. The summed E-state index contributed by atoms with van der Waals surface area (Å²) in [5, 5.41) is 0. The van der Waals surface area contributed by atoms with Gasteiger partial charge < -0.3 is 14.4 Å². The molecule has 0 aliphatic carbocycles. The van der Waals surface area contributed by atoms with Crippen LogP contribution in [0.1, 0.15) is 28.7 Å². The van der Waals surface area contributed by atoms with Crippen LogP contribution >= 0.6 is 0 Å². The highest BCUT2D eigenvalue weighted by molar-refractivity contribution is 7.91. The summed E-state index contributed by atoms with van der Waals surface area (Å²) < 4.78 is 35.1. The number of carbonyl (C=O) groups is 1. The number of ether oxygens (including phenoxy) is 2. The molecule has 0 saturated carbocycles. The SMILES string of the molecule is COc1ccc(CN(C(=O)COc2c(C)cc(C)cc2C)C2CCS(=O)(=O)C2)cc1. The van der Waals surface area contributed by atoms with Crippen molar-refractivity contribution in [2.75, 3.05) is 25.2 Å². The van der Waals surface area contributed by atoms with E-state index in [0.29, 0.717) is 18.7 Å². The zero-order valence-corrected chi connectivity index (χ0v) is 18.8. The lowest BCUT2D eigenvalue weighted by Crippen LogP contribution is -2.43. The molecule has 1 aliphatic rings. The van der Waals surface area contributed by atoms with Crippen LogP contribution in [0.15, 0.2) is 36.4 Å². The minimum absolute atomic E-state index is 0.00250. The van der Waals surface area contributed by atoms with E-state index in [4.69, 9.17) is 9.47 Å². The Morgan fingerprint density at radius 3 is 2.27 bits per heavy atom. The van der Waals surface area contributed by atoms with Gasteiger partial charge in [-0.2, -0.15) is 0 Å². The summed E-state index contributed by atoms with van der Waals surface area (Å²) in [6, 6.07) is 11.1. The van der Waals surface area contributed by atoms with E-state index in [1.165, 1.54) is 0 Å². The molecule has 0 bridgehead atoms. The van der Waals surface area contributed by atoms with Crippen LogP contribution in [0.3, 0.4) is 0 Å². The first-order chi connectivity index (χ1) is 14.2. The van der Waals surface area contributed by atoms with Crippen LogP contribution in [0.25, 0.3) is 0 Å². The second-order valence-electron chi connectivity index (χ2n) is 7.94. The van der Waals surface area contributed by atoms with Crippen LogP contribution < -0.4 is 9.47 Å². The molecular weight excluding hydrogens is 402 g/mol. The maximum atomic E-state index is 13.1. The fraction of sp³-hybridized carbons (Fsp3) is 0.435. The molecule has 1 fully saturated rings. The van der Waals surface area contributed by atoms with E-state index in [2.05, 4.69) is 0 Å². The molecule has 1 atom stereocenters. The fourth-order valence-corrected chi connectivity index (χ4v) is 5.71. The van der Waals surface area contributed by atoms with Crippen molar-refractivity contribution < 1.29 is 22.7 Å². The smallest absolute Gasteiger partial charge is 0.261 e. The molecule has 0 aromatic heterocycles. The van der Waals surface area contributed by atoms with E-state index < -0.39 is 9.84 Å². The molecule has 1 aliphatic heterocycles. The van der Waals surface area contributed by atoms with Gasteiger partial charge in [-0.3, -0.25) is 4.79 Å². The molecule has 30 heavy (non-hydrogen) atoms. The third-order valence-corrected chi connectivity index (χ3v) is 7.18. The van der Waals surface area contributed by atoms with Crippen LogP contribution in [0, 0.1) is 20.8 Å². The number of carbonyl (C=O) groups excluding carboxylic acids is 1. The van der Waals surface area contributed by atoms with Gasteiger partial charge >= 0.3 is 0 Å². The quantitative estimate of drug-likeness (QED) is 0.673. The Morgan fingerprint density at radius 1 is 1.10 bits per heavy atom. The van der Waals surface area contributed by atoms with Crippen LogP contribution in [0.5, 0.6) is 11.5 Å². The summed E-state index contributed by atoms with van der Waals surface area (Å²) in [6.07, 6.45) is 0.451. The lowest BCUT2D eigenvalue weighted by atomic mass is 10.1. The largest absolute Gasteiger partial charge is 0.497 e. The molecule has 1 unspecified atom stereocenters. The average molecular weight is 432 g/mol. The van der Waals surface area contributed by atoms with Gasteiger partial charge in [0.1, 0.15) is 11.5 Å². The molecule has 1 saturated heterocycles. The first-order valence-electron chi connectivity index (χ1n) is 10.0. The molecule has 6 nitrogen and oxygen atoms in total. The third kappa shape index (κ3) is 5.33. The number of methoxy groups -OCH3 is 1. The summed E-state index contributed by atoms with van der Waals surface area (Å²) in [6.45, 7) is 6.14. The number of hydrogen-bond donors (Lipinski definition) is 0. The van der Waals surface area contributed by atoms with E-state index in [1.54, 1.807) is 12.0 Å². The molecule has 3 rings (SSSR count). The van der Waals surface area contributed by atoms with E-state index >= 15 is 0 Å². The van der Waals surface area contributed by atoms with Gasteiger partial charge in [0.25, 0.3) is 5.91 Å². The number of benzene rings is 2. The lowest BCUT2D eigenvalue weighted by molar-refractivity contribution is -0.136. The molecule has 0 N–H and O–H groups in total. The van der Waals surface area contributed by atoms with Crippen molar-refractivity contribution in [2.45, 2.75) is 39.8 Å². The normalized spacial score (nSPS) is 17.5. The highest BCUT2D eigenvalue weighted by Crippen LogP contribution is 2.26. The summed E-state index contributed by atoms with van der Waals surface area (Å²) in [4.78, 5) is 14.8. The molecule has 1 heterocycles. The Kier molecular flexibility index (Phi) is 6.71. The summed E-state index contributed by atoms with van der Waals surface area (Å²) in [5.74, 6) is 1.33. The standard InChI is InChI=1S/C23H29NO5S/c1-16-11-17(2)23(18(3)12-16)29-14-22(25)24(20-9-10-30(26,27)15-20)13-19-5-7-21(28-4)8-6-19/h5-8,11-12,20H,9-10,13-15H2,1-4H3. The third-order valence-electron chi connectivity index (χ3n) is 5.43. The minimum Gasteiger partial charge on any atom is -0.497 e. The van der Waals surface area contributed by atoms with Gasteiger partial charge in [-0.05, 0) is 56.0 Å². The van der Waals surface area contributed by atoms with Crippen molar-refractivity contribution in [2.24, 2.45) is 0 Å². The van der Waals surface area contributed by atoms with Gasteiger partial charge in [0.2, 0.25) is 0 Å². The highest BCUT2D eigenvalue weighted by Gasteiger charge is 2.35. The van der Waals surface area contributed by atoms with Crippen LogP contribution in [0.4, 0.5) is 0 Å². The Bertz CT molecular complexity index is 991. The van der Waals surface area contributed by atoms with Gasteiger partial charge in [-0.25, -0.2) is 8.42 Å². The second kappa shape index (κ2) is 9.08. The number of sulfone groups is 1. The maximum absolute atomic E-state index is 13.1. The Balaban J connectivity index is 1.77. The maximum Gasteiger partial charge on any atom is 0.261 e. The number of aryl methyl sites for hydroxylation is 3. The first kappa shape index (κ1) is 22.2. The van der Waals surface area contributed by atoms with Gasteiger partial charge in [0.05, 0.1) is 18.6 Å². The van der Waals surface area contributed by atoms with Gasteiger partial charge in [-0.15, -0.1) is 0 Å². The Hall–Kier alpha value is -2.54. The fourth-order valence-electron chi connectivity index (χ4n) is 3.98. The number of rotatable bonds is 7. The van der Waals surface area contributed by atoms with Crippen LogP contribution in [-0.4, -0.2) is 50.5 Å². The van der Waals surface area contributed by atoms with Gasteiger partial charge in [0.15, 0.2) is 16.4 Å². The molecule has 2 aromatic rings. The van der Waals surface area contributed by atoms with Crippen LogP contribution in [0.2, 0.25) is 0 Å². The molecule has 0 spiro atoms. The van der Waals surface area contributed by atoms with Crippen molar-refractivity contribution in [3.63, 3.8) is 0 Å². The Labute approximate surface area is 178 Å². The summed E-state index contributed by atoms with van der Waals surface area (Å²) >= 11 is 0. The van der Waals surface area contributed by atoms with E-state index in [-0.39, 0.29) is 30.1 Å². The Morgan fingerprint density at radius 2 is 1.73 bits per heavy atom. The number of amides is 1. The van der Waals surface area contributed by atoms with Crippen LogP contribution in [-0.2, 0) is 21.2 Å². The first-order valence-corrected chi connectivity index (χ1v) is 11.8. The molecule has 162 valence electrons. The predicted octanol–water partition coefficient (Wildman–Crippen LogP) is 3.22. The molecule has 7 heteroatoms. The van der Waals surface area contributed by atoms with Crippen molar-refractivity contribution in [3.05, 3.63) is 58.7 Å². The van der Waals surface area contributed by atoms with Crippen molar-refractivity contribution in [3.8, 4) is 11.5 Å². The highest BCUT2D eigenvalue weighted by atomic mass is 32.2. The predicted molar refractivity (Wildman–Crippen MR) is 117 cm³/mol. The molecule has 1 amide bonds. The van der Waals surface area contributed by atoms with Gasteiger partial charge in [-0.1, -0.05) is 29.8 Å². The molecule has 2 aromatic carbocycles. The zero-order chi connectivity index (χ0) is 21.9. The van der Waals surface area contributed by atoms with Gasteiger partial charge in [0, 0.05) is 12.6 Å². The van der Waals surface area contributed by atoms with Crippen molar-refractivity contribution >= 4 is 15.7 Å². The number of nitrogens with zero attached hydrogens (tertiary/aromatic N) is 1. The average Bonchev–Trinajstić information content (AvgIpc) is 3.05. The summed E-state index contributed by atoms with van der Waals surface area (Å²) in [7, 11) is -1.52. The zero-order valence-electron chi connectivity index (χ0n) is 18.0. The van der Waals surface area contributed by atoms with E-state index in [0.717, 1.165) is 28.0 Å². The summed E-state index contributed by atoms with van der Waals surface area (Å²) in [5.41, 5.74) is 4.01. The number of hydrogen-bond acceptors (Lipinski definition) is 5. The molecule has 0 radical (unpaired) electrons. The van der Waals surface area contributed by atoms with Crippen molar-refractivity contribution in [1.82, 2.24) is 4.90 Å². The second-order valence-corrected chi connectivity index (χ2v) is 10.2. The lowest BCUT2D eigenvalue weighted by Gasteiger charge is -2.29. The van der Waals surface area contributed by atoms with E-state index in [1.807, 2.05) is 57.2 Å². The molecular formula is C23H29NO5S. The minimum atomic E-state index is -3.12. The topological polar surface area (TPSA) is 72.9 Å². The van der Waals surface area contributed by atoms with E-state index in [9.17, 15) is 13.2 Å².